The monoisotopic (exact) mass is 261 g/mol. The van der Waals surface area contributed by atoms with Crippen molar-refractivity contribution in [2.75, 3.05) is 5.73 Å². The van der Waals surface area contributed by atoms with Crippen LogP contribution in [0.5, 0.6) is 0 Å². The van der Waals surface area contributed by atoms with Gasteiger partial charge in [0.05, 0.1) is 0 Å². The standard InChI is InChI=1S/C18H15NO/c1-12-6-4-11-16(19)17(12)18(20)15-10-5-8-13-7-2-3-9-14(13)15/h2-11H,19H2,1H3. The van der Waals surface area contributed by atoms with Gasteiger partial charge in [0, 0.05) is 16.8 Å². The molecule has 0 aliphatic carbocycles. The molecule has 3 aromatic carbocycles. The van der Waals surface area contributed by atoms with Crippen LogP contribution in [0, 0.1) is 6.92 Å². The zero-order valence-electron chi connectivity index (χ0n) is 11.3. The summed E-state index contributed by atoms with van der Waals surface area (Å²) in [4.78, 5) is 12.8. The highest BCUT2D eigenvalue weighted by Gasteiger charge is 2.16. The van der Waals surface area contributed by atoms with Crippen LogP contribution in [0.15, 0.2) is 60.7 Å². The molecule has 0 amide bonds. The largest absolute Gasteiger partial charge is 0.398 e. The number of fused-ring (bicyclic) bond motifs is 1. The quantitative estimate of drug-likeness (QED) is 0.560. The van der Waals surface area contributed by atoms with E-state index < -0.39 is 0 Å². The van der Waals surface area contributed by atoms with Crippen molar-refractivity contribution in [3.05, 3.63) is 77.4 Å². The second kappa shape index (κ2) is 4.82. The molecule has 3 rings (SSSR count). The number of aryl methyl sites for hydroxylation is 1. The first-order valence-electron chi connectivity index (χ1n) is 6.56. The summed E-state index contributed by atoms with van der Waals surface area (Å²) in [6.07, 6.45) is 0. The summed E-state index contributed by atoms with van der Waals surface area (Å²) < 4.78 is 0. The van der Waals surface area contributed by atoms with E-state index in [4.69, 9.17) is 5.73 Å². The van der Waals surface area contributed by atoms with Crippen LogP contribution in [0.2, 0.25) is 0 Å². The number of benzene rings is 3. The minimum absolute atomic E-state index is 0.0163. The topological polar surface area (TPSA) is 43.1 Å². The molecule has 2 heteroatoms. The predicted molar refractivity (Wildman–Crippen MR) is 83.0 cm³/mol. The van der Waals surface area contributed by atoms with Crippen LogP contribution in [0.25, 0.3) is 10.8 Å². The van der Waals surface area contributed by atoms with Gasteiger partial charge in [-0.05, 0) is 29.3 Å². The Morgan fingerprint density at radius 1 is 0.900 bits per heavy atom. The Morgan fingerprint density at radius 2 is 1.60 bits per heavy atom. The van der Waals surface area contributed by atoms with Crippen LogP contribution in [-0.2, 0) is 0 Å². The molecule has 0 fully saturated rings. The lowest BCUT2D eigenvalue weighted by molar-refractivity contribution is 0.104. The summed E-state index contributed by atoms with van der Waals surface area (Å²) in [5.41, 5.74) is 8.72. The van der Waals surface area contributed by atoms with Crippen LogP contribution in [0.3, 0.4) is 0 Å². The van der Waals surface area contributed by atoms with E-state index in [1.54, 1.807) is 6.07 Å². The maximum Gasteiger partial charge on any atom is 0.195 e. The fourth-order valence-electron chi connectivity index (χ4n) is 2.56. The van der Waals surface area contributed by atoms with Crippen molar-refractivity contribution in [2.45, 2.75) is 6.92 Å². The first kappa shape index (κ1) is 12.4. The number of hydrogen-bond acceptors (Lipinski definition) is 2. The minimum atomic E-state index is -0.0163. The molecular weight excluding hydrogens is 246 g/mol. The Labute approximate surface area is 117 Å². The highest BCUT2D eigenvalue weighted by molar-refractivity contribution is 6.19. The Balaban J connectivity index is 2.24. The molecule has 0 bridgehead atoms. The lowest BCUT2D eigenvalue weighted by atomic mass is 9.94. The Morgan fingerprint density at radius 3 is 2.40 bits per heavy atom. The summed E-state index contributed by atoms with van der Waals surface area (Å²) in [5.74, 6) is -0.0163. The van der Waals surface area contributed by atoms with Gasteiger partial charge in [0.25, 0.3) is 0 Å². The smallest absolute Gasteiger partial charge is 0.195 e. The van der Waals surface area contributed by atoms with Crippen LogP contribution in [0.1, 0.15) is 21.5 Å². The van der Waals surface area contributed by atoms with Gasteiger partial charge in [0.1, 0.15) is 0 Å². The van der Waals surface area contributed by atoms with Crippen LogP contribution >= 0.6 is 0 Å². The number of nitrogens with two attached hydrogens (primary N) is 1. The highest BCUT2D eigenvalue weighted by Crippen LogP contribution is 2.25. The van der Waals surface area contributed by atoms with Gasteiger partial charge in [-0.2, -0.15) is 0 Å². The first-order chi connectivity index (χ1) is 9.68. The molecule has 0 atom stereocenters. The van der Waals surface area contributed by atoms with Crippen LogP contribution in [-0.4, -0.2) is 5.78 Å². The number of hydrogen-bond donors (Lipinski definition) is 1. The Hall–Kier alpha value is -2.61. The van der Waals surface area contributed by atoms with Gasteiger partial charge in [-0.3, -0.25) is 4.79 Å². The van der Waals surface area contributed by atoms with Crippen molar-refractivity contribution in [1.82, 2.24) is 0 Å². The van der Waals surface area contributed by atoms with Gasteiger partial charge >= 0.3 is 0 Å². The van der Waals surface area contributed by atoms with Crippen molar-refractivity contribution in [3.8, 4) is 0 Å². The second-order valence-corrected chi connectivity index (χ2v) is 4.89. The molecule has 98 valence electrons. The third kappa shape index (κ3) is 1.95. The Kier molecular flexibility index (Phi) is 2.99. The lowest BCUT2D eigenvalue weighted by Crippen LogP contribution is -2.08. The lowest BCUT2D eigenvalue weighted by Gasteiger charge is -2.10. The van der Waals surface area contributed by atoms with Crippen molar-refractivity contribution in [1.29, 1.82) is 0 Å². The maximum absolute atomic E-state index is 12.8. The van der Waals surface area contributed by atoms with Crippen molar-refractivity contribution in [2.24, 2.45) is 0 Å². The van der Waals surface area contributed by atoms with Gasteiger partial charge in [-0.25, -0.2) is 0 Å². The molecule has 3 aromatic rings. The number of nitrogen functional groups attached to an aromatic ring is 1. The molecule has 2 N–H and O–H groups in total. The van der Waals surface area contributed by atoms with Gasteiger partial charge in [0.15, 0.2) is 5.78 Å². The summed E-state index contributed by atoms with van der Waals surface area (Å²) in [6.45, 7) is 1.91. The summed E-state index contributed by atoms with van der Waals surface area (Å²) in [6, 6.07) is 19.2. The molecule has 2 nitrogen and oxygen atoms in total. The SMILES string of the molecule is Cc1cccc(N)c1C(=O)c1cccc2ccccc12. The number of ketones is 1. The second-order valence-electron chi connectivity index (χ2n) is 4.89. The summed E-state index contributed by atoms with van der Waals surface area (Å²) >= 11 is 0. The minimum Gasteiger partial charge on any atom is -0.398 e. The number of carbonyl (C=O) groups excluding carboxylic acids is 1. The van der Waals surface area contributed by atoms with Crippen molar-refractivity contribution < 1.29 is 4.79 Å². The van der Waals surface area contributed by atoms with Gasteiger partial charge in [-0.1, -0.05) is 54.6 Å². The molecule has 0 saturated carbocycles. The normalized spacial score (nSPS) is 10.7. The van der Waals surface area contributed by atoms with E-state index in [9.17, 15) is 4.79 Å². The molecule has 0 heterocycles. The molecule has 0 radical (unpaired) electrons. The molecule has 0 aliphatic rings. The van der Waals surface area contributed by atoms with Crippen LogP contribution in [0.4, 0.5) is 5.69 Å². The fraction of sp³-hybridized carbons (Fsp3) is 0.0556. The third-order valence-corrected chi connectivity index (χ3v) is 3.57. The van der Waals surface area contributed by atoms with Crippen molar-refractivity contribution in [3.63, 3.8) is 0 Å². The average Bonchev–Trinajstić information content (AvgIpc) is 2.46. The third-order valence-electron chi connectivity index (χ3n) is 3.57. The zero-order chi connectivity index (χ0) is 14.1. The van der Waals surface area contributed by atoms with E-state index in [2.05, 4.69) is 0 Å². The molecule has 0 aliphatic heterocycles. The predicted octanol–water partition coefficient (Wildman–Crippen LogP) is 3.96. The van der Waals surface area contributed by atoms with E-state index in [0.717, 1.165) is 16.3 Å². The van der Waals surface area contributed by atoms with Gasteiger partial charge in [-0.15, -0.1) is 0 Å². The molecule has 0 spiro atoms. The fourth-order valence-corrected chi connectivity index (χ4v) is 2.56. The van der Waals surface area contributed by atoms with E-state index in [1.165, 1.54) is 0 Å². The van der Waals surface area contributed by atoms with Crippen LogP contribution < -0.4 is 5.73 Å². The zero-order valence-corrected chi connectivity index (χ0v) is 11.3. The number of carbonyl (C=O) groups is 1. The van der Waals surface area contributed by atoms with Gasteiger partial charge in [0.2, 0.25) is 0 Å². The molecular formula is C18H15NO. The van der Waals surface area contributed by atoms with E-state index in [-0.39, 0.29) is 5.78 Å². The highest BCUT2D eigenvalue weighted by atomic mass is 16.1. The number of rotatable bonds is 2. The molecule has 0 unspecified atom stereocenters. The van der Waals surface area contributed by atoms with Crippen molar-refractivity contribution >= 4 is 22.2 Å². The number of anilines is 1. The molecule has 0 aromatic heterocycles. The summed E-state index contributed by atoms with van der Waals surface area (Å²) in [7, 11) is 0. The van der Waals surface area contributed by atoms with E-state index in [1.807, 2.05) is 61.5 Å². The Bertz CT molecular complexity index is 780. The maximum atomic E-state index is 12.8. The van der Waals surface area contributed by atoms with E-state index in [0.29, 0.717) is 16.8 Å². The molecule has 20 heavy (non-hydrogen) atoms. The first-order valence-corrected chi connectivity index (χ1v) is 6.56. The van der Waals surface area contributed by atoms with E-state index >= 15 is 0 Å². The summed E-state index contributed by atoms with van der Waals surface area (Å²) in [5, 5.41) is 2.02. The van der Waals surface area contributed by atoms with Gasteiger partial charge < -0.3 is 5.73 Å². The molecule has 0 saturated heterocycles. The average molecular weight is 261 g/mol.